The molecule has 0 aliphatic carbocycles. The maximum absolute atomic E-state index is 13.2. The third kappa shape index (κ3) is 3.30. The van der Waals surface area contributed by atoms with Gasteiger partial charge in [0.2, 0.25) is 5.28 Å². The summed E-state index contributed by atoms with van der Waals surface area (Å²) in [5.74, 6) is -0.442. The molecular weight excluding hydrogens is 217 g/mol. The van der Waals surface area contributed by atoms with Gasteiger partial charge in [-0.3, -0.25) is 0 Å². The molecule has 5 heteroatoms. The van der Waals surface area contributed by atoms with Crippen LogP contribution in [0, 0.1) is 18.2 Å². The number of rotatable bonds is 2. The van der Waals surface area contributed by atoms with Crippen molar-refractivity contribution in [3.63, 3.8) is 0 Å². The molecule has 1 aromatic rings. The van der Waals surface area contributed by atoms with Gasteiger partial charge in [-0.25, -0.2) is 9.37 Å². The van der Waals surface area contributed by atoms with Gasteiger partial charge in [0.25, 0.3) is 0 Å². The zero-order valence-electron chi connectivity index (χ0n) is 9.01. The molecule has 1 N–H and O–H groups in total. The first-order valence-electron chi connectivity index (χ1n) is 4.58. The highest BCUT2D eigenvalue weighted by molar-refractivity contribution is 6.28. The third-order valence-corrected chi connectivity index (χ3v) is 2.25. The molecule has 0 saturated carbocycles. The molecule has 0 bridgehead atoms. The zero-order chi connectivity index (χ0) is 11.6. The van der Waals surface area contributed by atoms with Crippen molar-refractivity contribution in [3.8, 4) is 0 Å². The summed E-state index contributed by atoms with van der Waals surface area (Å²) in [6.07, 6.45) is 1.03. The summed E-state index contributed by atoms with van der Waals surface area (Å²) in [5.41, 5.74) is -0.0934. The standard InChI is InChI=1S/C10H14ClFN3/c1-6(10(2,3)4)14-8-7(12)5-13-9(11)15-8/h5-6H,1H2,2-4H3,(H,13,14,15)/t6-/m0/s1. The summed E-state index contributed by atoms with van der Waals surface area (Å²) in [7, 11) is 0. The number of anilines is 1. The molecule has 0 saturated heterocycles. The van der Waals surface area contributed by atoms with E-state index in [0.717, 1.165) is 6.20 Å². The summed E-state index contributed by atoms with van der Waals surface area (Å²) in [6.45, 7) is 9.89. The van der Waals surface area contributed by atoms with Crippen LogP contribution in [-0.4, -0.2) is 16.0 Å². The zero-order valence-corrected chi connectivity index (χ0v) is 9.77. The molecule has 1 radical (unpaired) electrons. The van der Waals surface area contributed by atoms with Gasteiger partial charge in [0.15, 0.2) is 11.6 Å². The quantitative estimate of drug-likeness (QED) is 0.794. The highest BCUT2D eigenvalue weighted by atomic mass is 35.5. The molecule has 15 heavy (non-hydrogen) atoms. The summed E-state index contributed by atoms with van der Waals surface area (Å²) in [6, 6.07) is -0.169. The van der Waals surface area contributed by atoms with Crippen molar-refractivity contribution in [1.29, 1.82) is 0 Å². The normalized spacial score (nSPS) is 13.7. The molecule has 0 aliphatic heterocycles. The fourth-order valence-corrected chi connectivity index (χ4v) is 0.962. The lowest BCUT2D eigenvalue weighted by Crippen LogP contribution is -2.31. The molecule has 1 heterocycles. The monoisotopic (exact) mass is 230 g/mol. The van der Waals surface area contributed by atoms with Crippen LogP contribution in [0.2, 0.25) is 5.28 Å². The van der Waals surface area contributed by atoms with Crippen molar-refractivity contribution in [3.05, 3.63) is 24.2 Å². The largest absolute Gasteiger partial charge is 0.364 e. The highest BCUT2D eigenvalue weighted by Crippen LogP contribution is 2.23. The van der Waals surface area contributed by atoms with Crippen LogP contribution in [0.1, 0.15) is 20.8 Å². The molecule has 0 aromatic carbocycles. The topological polar surface area (TPSA) is 37.8 Å². The maximum Gasteiger partial charge on any atom is 0.224 e. The molecule has 0 fully saturated rings. The third-order valence-electron chi connectivity index (χ3n) is 2.07. The van der Waals surface area contributed by atoms with E-state index in [0.29, 0.717) is 0 Å². The van der Waals surface area contributed by atoms with Crippen molar-refractivity contribution in [1.82, 2.24) is 9.97 Å². The molecule has 3 nitrogen and oxygen atoms in total. The Balaban J connectivity index is 2.85. The van der Waals surface area contributed by atoms with Crippen LogP contribution in [0.4, 0.5) is 10.2 Å². The first kappa shape index (κ1) is 12.2. The minimum atomic E-state index is -0.530. The average Bonchev–Trinajstić information content (AvgIpc) is 2.09. The van der Waals surface area contributed by atoms with Crippen LogP contribution < -0.4 is 5.32 Å². The van der Waals surface area contributed by atoms with Gasteiger partial charge in [0.05, 0.1) is 6.20 Å². The van der Waals surface area contributed by atoms with Crippen molar-refractivity contribution >= 4 is 17.4 Å². The lowest BCUT2D eigenvalue weighted by atomic mass is 9.88. The first-order chi connectivity index (χ1) is 6.80. The van der Waals surface area contributed by atoms with Gasteiger partial charge < -0.3 is 5.32 Å². The lowest BCUT2D eigenvalue weighted by Gasteiger charge is -2.28. The number of nitrogens with zero attached hydrogens (tertiary/aromatic N) is 2. The van der Waals surface area contributed by atoms with E-state index in [-0.39, 0.29) is 22.6 Å². The van der Waals surface area contributed by atoms with Crippen molar-refractivity contribution < 1.29 is 4.39 Å². The molecule has 1 rings (SSSR count). The van der Waals surface area contributed by atoms with Gasteiger partial charge in [0.1, 0.15) is 0 Å². The first-order valence-corrected chi connectivity index (χ1v) is 4.96. The fourth-order valence-electron chi connectivity index (χ4n) is 0.828. The summed E-state index contributed by atoms with van der Waals surface area (Å²) >= 11 is 5.57. The Hall–Kier alpha value is -0.900. The maximum atomic E-state index is 13.2. The Bertz CT molecular complexity index is 349. The summed E-state index contributed by atoms with van der Waals surface area (Å²) in [5, 5.41) is 2.88. The molecule has 0 unspecified atom stereocenters. The molecule has 0 spiro atoms. The Morgan fingerprint density at radius 3 is 2.67 bits per heavy atom. The second kappa shape index (κ2) is 4.31. The van der Waals surface area contributed by atoms with Gasteiger partial charge in [0, 0.05) is 6.04 Å². The Morgan fingerprint density at radius 2 is 2.13 bits per heavy atom. The number of hydrogen-bond acceptors (Lipinski definition) is 3. The fraction of sp³-hybridized carbons (Fsp3) is 0.500. The van der Waals surface area contributed by atoms with Crippen LogP contribution in [-0.2, 0) is 0 Å². The highest BCUT2D eigenvalue weighted by Gasteiger charge is 2.21. The van der Waals surface area contributed by atoms with Crippen LogP contribution in [0.5, 0.6) is 0 Å². The molecule has 83 valence electrons. The van der Waals surface area contributed by atoms with Crippen LogP contribution in [0.3, 0.4) is 0 Å². The van der Waals surface area contributed by atoms with Crippen molar-refractivity contribution in [2.24, 2.45) is 5.41 Å². The van der Waals surface area contributed by atoms with E-state index in [1.54, 1.807) is 0 Å². The number of aromatic nitrogens is 2. The van der Waals surface area contributed by atoms with Crippen LogP contribution >= 0.6 is 11.6 Å². The number of hydrogen-bond donors (Lipinski definition) is 1. The second-order valence-corrected chi connectivity index (χ2v) is 4.74. The predicted molar refractivity (Wildman–Crippen MR) is 59.2 cm³/mol. The second-order valence-electron chi connectivity index (χ2n) is 4.40. The Labute approximate surface area is 94.1 Å². The van der Waals surface area contributed by atoms with E-state index in [4.69, 9.17) is 11.6 Å². The van der Waals surface area contributed by atoms with E-state index < -0.39 is 5.82 Å². The minimum absolute atomic E-state index is 0.0139. The summed E-state index contributed by atoms with van der Waals surface area (Å²) in [4.78, 5) is 7.28. The SMILES string of the molecule is [CH2][C@H](Nc1nc(Cl)ncc1F)C(C)(C)C. The van der Waals surface area contributed by atoms with Gasteiger partial charge in [-0.15, -0.1) is 0 Å². The number of halogens is 2. The van der Waals surface area contributed by atoms with E-state index in [9.17, 15) is 4.39 Å². The Morgan fingerprint density at radius 1 is 1.53 bits per heavy atom. The Kier molecular flexibility index (Phi) is 3.50. The molecule has 1 atom stereocenters. The van der Waals surface area contributed by atoms with Gasteiger partial charge in [-0.1, -0.05) is 20.8 Å². The van der Waals surface area contributed by atoms with Gasteiger partial charge in [-0.05, 0) is 23.9 Å². The lowest BCUT2D eigenvalue weighted by molar-refractivity contribution is 0.380. The van der Waals surface area contributed by atoms with Crippen molar-refractivity contribution in [2.45, 2.75) is 26.8 Å². The van der Waals surface area contributed by atoms with Crippen LogP contribution in [0.15, 0.2) is 6.20 Å². The molecule has 0 aliphatic rings. The minimum Gasteiger partial charge on any atom is -0.364 e. The van der Waals surface area contributed by atoms with E-state index in [1.807, 2.05) is 20.8 Å². The number of nitrogens with one attached hydrogen (secondary N) is 1. The van der Waals surface area contributed by atoms with Gasteiger partial charge in [-0.2, -0.15) is 4.98 Å². The smallest absolute Gasteiger partial charge is 0.224 e. The van der Waals surface area contributed by atoms with E-state index >= 15 is 0 Å². The van der Waals surface area contributed by atoms with E-state index in [1.165, 1.54) is 0 Å². The van der Waals surface area contributed by atoms with Crippen LogP contribution in [0.25, 0.3) is 0 Å². The predicted octanol–water partition coefficient (Wildman–Crippen LogP) is 2.93. The van der Waals surface area contributed by atoms with Crippen molar-refractivity contribution in [2.75, 3.05) is 5.32 Å². The average molecular weight is 231 g/mol. The van der Waals surface area contributed by atoms with E-state index in [2.05, 4.69) is 22.2 Å². The van der Waals surface area contributed by atoms with Gasteiger partial charge >= 0.3 is 0 Å². The molecular formula is C10H14ClFN3. The molecule has 0 amide bonds. The summed E-state index contributed by atoms with van der Waals surface area (Å²) < 4.78 is 13.2. The molecule has 1 aromatic heterocycles.